The van der Waals surface area contributed by atoms with E-state index in [0.29, 0.717) is 11.0 Å². The van der Waals surface area contributed by atoms with Crippen LogP contribution < -0.4 is 0 Å². The number of hydrogen-bond acceptors (Lipinski definition) is 2. The van der Waals surface area contributed by atoms with Crippen molar-refractivity contribution >= 4 is 0 Å². The highest BCUT2D eigenvalue weighted by atomic mass is 16.6. The lowest BCUT2D eigenvalue weighted by molar-refractivity contribution is -0.157. The van der Waals surface area contributed by atoms with Gasteiger partial charge in [0.1, 0.15) is 0 Å². The third kappa shape index (κ3) is 2.16. The van der Waals surface area contributed by atoms with Gasteiger partial charge in [0.05, 0.1) is 17.8 Å². The second-order valence-corrected chi connectivity index (χ2v) is 11.1. The minimum atomic E-state index is -0.381. The van der Waals surface area contributed by atoms with E-state index in [1.54, 1.807) is 0 Å². The molecule has 0 aromatic heterocycles. The first-order chi connectivity index (χ1) is 11.9. The van der Waals surface area contributed by atoms with Crippen LogP contribution in [0.2, 0.25) is 0 Å². The average molecular weight is 347 g/mol. The number of hydrogen-bond donors (Lipinski definition) is 1. The van der Waals surface area contributed by atoms with E-state index >= 15 is 0 Å². The molecule has 1 spiro atoms. The highest BCUT2D eigenvalue weighted by Crippen LogP contribution is 2.70. The molecule has 5 aliphatic rings. The van der Waals surface area contributed by atoms with Gasteiger partial charge >= 0.3 is 0 Å². The molecule has 2 nitrogen and oxygen atoms in total. The molecular formula is C23H38O2. The zero-order chi connectivity index (χ0) is 17.5. The van der Waals surface area contributed by atoms with Gasteiger partial charge in [-0.2, -0.15) is 0 Å². The first-order valence-corrected chi connectivity index (χ1v) is 11.2. The first-order valence-electron chi connectivity index (χ1n) is 11.2. The summed E-state index contributed by atoms with van der Waals surface area (Å²) in [4.78, 5) is 0. The van der Waals surface area contributed by atoms with Crippen molar-refractivity contribution in [2.45, 2.75) is 103 Å². The molecule has 142 valence electrons. The van der Waals surface area contributed by atoms with Crippen LogP contribution in [0.3, 0.4) is 0 Å². The Kier molecular flexibility index (Phi) is 3.58. The average Bonchev–Trinajstić information content (AvgIpc) is 3.28. The maximum absolute atomic E-state index is 11.5. The molecular weight excluding hydrogens is 308 g/mol. The summed E-state index contributed by atoms with van der Waals surface area (Å²) in [6.45, 7) is 8.38. The Morgan fingerprint density at radius 1 is 0.960 bits per heavy atom. The molecule has 2 heteroatoms. The minimum absolute atomic E-state index is 0.183. The molecule has 8 atom stereocenters. The predicted octanol–water partition coefficient (Wildman–Crippen LogP) is 5.33. The zero-order valence-electron chi connectivity index (χ0n) is 16.7. The zero-order valence-corrected chi connectivity index (χ0v) is 16.7. The van der Waals surface area contributed by atoms with Crippen molar-refractivity contribution in [3.05, 3.63) is 0 Å². The van der Waals surface area contributed by atoms with E-state index in [4.69, 9.17) is 4.74 Å². The van der Waals surface area contributed by atoms with Gasteiger partial charge in [-0.1, -0.05) is 27.2 Å². The summed E-state index contributed by atoms with van der Waals surface area (Å²) >= 11 is 0. The number of rotatable bonds is 2. The number of epoxide rings is 1. The Bertz CT molecular complexity index is 554. The van der Waals surface area contributed by atoms with Crippen molar-refractivity contribution in [2.75, 3.05) is 6.61 Å². The van der Waals surface area contributed by atoms with Crippen LogP contribution in [0.15, 0.2) is 0 Å². The minimum Gasteiger partial charge on any atom is -0.389 e. The Morgan fingerprint density at radius 2 is 1.72 bits per heavy atom. The number of aliphatic hydroxyl groups is 1. The van der Waals surface area contributed by atoms with E-state index in [1.807, 2.05) is 0 Å². The van der Waals surface area contributed by atoms with Crippen molar-refractivity contribution in [1.29, 1.82) is 0 Å². The van der Waals surface area contributed by atoms with Crippen LogP contribution in [0.1, 0.15) is 91.4 Å². The maximum Gasteiger partial charge on any atom is 0.0919 e. The standard InChI is InChI=1S/C23H38O2/c1-4-9-23(24)11-8-19-17-6-5-16-14-22(15-25-22)13-12-20(16,2)18(17)7-10-21(19,23)3/h16-19,24H,4-15H2,1-3H3/t16-,17?,18?,19?,20-,21-,22+,23-/m0/s1. The summed E-state index contributed by atoms with van der Waals surface area (Å²) in [7, 11) is 0. The van der Waals surface area contributed by atoms with Gasteiger partial charge in [0.15, 0.2) is 0 Å². The van der Waals surface area contributed by atoms with Crippen molar-refractivity contribution < 1.29 is 9.84 Å². The summed E-state index contributed by atoms with van der Waals surface area (Å²) in [5.74, 6) is 3.45. The third-order valence-electron chi connectivity index (χ3n) is 10.3. The number of fused-ring (bicyclic) bond motifs is 5. The maximum atomic E-state index is 11.5. The monoisotopic (exact) mass is 346 g/mol. The normalized spacial score (nSPS) is 60.0. The lowest BCUT2D eigenvalue weighted by atomic mass is 9.44. The van der Waals surface area contributed by atoms with E-state index in [0.717, 1.165) is 49.5 Å². The molecule has 5 rings (SSSR count). The Hall–Kier alpha value is -0.0800. The first kappa shape index (κ1) is 17.0. The van der Waals surface area contributed by atoms with Crippen LogP contribution in [-0.4, -0.2) is 22.9 Å². The second kappa shape index (κ2) is 5.25. The fourth-order valence-corrected chi connectivity index (χ4v) is 8.61. The summed E-state index contributed by atoms with van der Waals surface area (Å²) in [6, 6.07) is 0. The van der Waals surface area contributed by atoms with Crippen molar-refractivity contribution in [2.24, 2.45) is 34.5 Å². The molecule has 25 heavy (non-hydrogen) atoms. The van der Waals surface area contributed by atoms with Crippen LogP contribution in [0.5, 0.6) is 0 Å². The molecule has 0 amide bonds. The van der Waals surface area contributed by atoms with E-state index in [2.05, 4.69) is 20.8 Å². The van der Waals surface area contributed by atoms with Gasteiger partial charge in [-0.05, 0) is 98.7 Å². The third-order valence-corrected chi connectivity index (χ3v) is 10.3. The van der Waals surface area contributed by atoms with Crippen LogP contribution in [0.25, 0.3) is 0 Å². The largest absolute Gasteiger partial charge is 0.389 e. The topological polar surface area (TPSA) is 32.8 Å². The molecule has 1 heterocycles. The Morgan fingerprint density at radius 3 is 2.44 bits per heavy atom. The smallest absolute Gasteiger partial charge is 0.0919 e. The molecule has 0 aromatic rings. The van der Waals surface area contributed by atoms with Gasteiger partial charge in [-0.25, -0.2) is 0 Å². The van der Waals surface area contributed by atoms with Gasteiger partial charge in [-0.15, -0.1) is 0 Å². The van der Waals surface area contributed by atoms with Crippen LogP contribution in [0.4, 0.5) is 0 Å². The van der Waals surface area contributed by atoms with E-state index in [-0.39, 0.29) is 11.0 Å². The molecule has 1 aliphatic heterocycles. The molecule has 0 aromatic carbocycles. The summed E-state index contributed by atoms with van der Waals surface area (Å²) < 4.78 is 5.87. The summed E-state index contributed by atoms with van der Waals surface area (Å²) in [5.41, 5.74) is 0.665. The van der Waals surface area contributed by atoms with Crippen molar-refractivity contribution in [3.8, 4) is 0 Å². The highest BCUT2D eigenvalue weighted by molar-refractivity contribution is 5.15. The molecule has 4 saturated carbocycles. The molecule has 0 radical (unpaired) electrons. The second-order valence-electron chi connectivity index (χ2n) is 11.1. The fourth-order valence-electron chi connectivity index (χ4n) is 8.61. The molecule has 1 saturated heterocycles. The van der Waals surface area contributed by atoms with Gasteiger partial charge < -0.3 is 9.84 Å². The molecule has 0 bridgehead atoms. The summed E-state index contributed by atoms with van der Waals surface area (Å²) in [5, 5.41) is 11.5. The van der Waals surface area contributed by atoms with Gasteiger partial charge in [-0.3, -0.25) is 0 Å². The Balaban J connectivity index is 1.42. The quantitative estimate of drug-likeness (QED) is 0.686. The highest BCUT2D eigenvalue weighted by Gasteiger charge is 2.65. The van der Waals surface area contributed by atoms with Gasteiger partial charge in [0.25, 0.3) is 0 Å². The van der Waals surface area contributed by atoms with E-state index < -0.39 is 0 Å². The van der Waals surface area contributed by atoms with Crippen LogP contribution >= 0.6 is 0 Å². The van der Waals surface area contributed by atoms with Gasteiger partial charge in [0.2, 0.25) is 0 Å². The van der Waals surface area contributed by atoms with E-state index in [9.17, 15) is 5.11 Å². The van der Waals surface area contributed by atoms with Gasteiger partial charge in [0, 0.05) is 0 Å². The predicted molar refractivity (Wildman–Crippen MR) is 100 cm³/mol. The molecule has 3 unspecified atom stereocenters. The van der Waals surface area contributed by atoms with Crippen molar-refractivity contribution in [3.63, 3.8) is 0 Å². The molecule has 4 aliphatic carbocycles. The lowest BCUT2D eigenvalue weighted by Crippen LogP contribution is -2.57. The molecule has 1 N–H and O–H groups in total. The van der Waals surface area contributed by atoms with Crippen molar-refractivity contribution in [1.82, 2.24) is 0 Å². The Labute approximate surface area is 154 Å². The SMILES string of the molecule is CCC[C@]1(O)CCC2C3CC[C@H]4C[C@]5(CC[C@]4(C)C3CC[C@@]21C)CO5. The van der Waals surface area contributed by atoms with Crippen LogP contribution in [0, 0.1) is 34.5 Å². The molecule has 5 fully saturated rings. The fraction of sp³-hybridized carbons (Fsp3) is 1.00. The number of ether oxygens (including phenoxy) is 1. The summed E-state index contributed by atoms with van der Waals surface area (Å²) in [6.07, 6.45) is 14.0. The van der Waals surface area contributed by atoms with Crippen LogP contribution in [-0.2, 0) is 4.74 Å². The van der Waals surface area contributed by atoms with E-state index in [1.165, 1.54) is 51.4 Å². The lowest BCUT2D eigenvalue weighted by Gasteiger charge is -2.61.